The molecule has 2 rings (SSSR count). The Morgan fingerprint density at radius 1 is 1.43 bits per heavy atom. The molecule has 0 fully saturated rings. The summed E-state index contributed by atoms with van der Waals surface area (Å²) >= 11 is 1.59. The van der Waals surface area contributed by atoms with Crippen LogP contribution in [0.15, 0.2) is 24.3 Å². The average Bonchev–Trinajstić information content (AvgIpc) is 2.60. The van der Waals surface area contributed by atoms with E-state index in [4.69, 9.17) is 4.74 Å². The second-order valence-electron chi connectivity index (χ2n) is 2.90. The SMILES string of the molecule is CNCCOc1nc2ccccc2s1. The van der Waals surface area contributed by atoms with Crippen LogP contribution in [-0.2, 0) is 0 Å². The van der Waals surface area contributed by atoms with Gasteiger partial charge in [-0.3, -0.25) is 0 Å². The van der Waals surface area contributed by atoms with Crippen LogP contribution in [0.25, 0.3) is 10.2 Å². The molecule has 0 atom stereocenters. The summed E-state index contributed by atoms with van der Waals surface area (Å²) in [7, 11) is 1.90. The zero-order chi connectivity index (χ0) is 9.80. The van der Waals surface area contributed by atoms with Crippen LogP contribution in [0, 0.1) is 0 Å². The number of thiazole rings is 1. The van der Waals surface area contributed by atoms with Crippen LogP contribution < -0.4 is 10.1 Å². The van der Waals surface area contributed by atoms with Crippen LogP contribution in [-0.4, -0.2) is 25.2 Å². The monoisotopic (exact) mass is 208 g/mol. The molecule has 1 heterocycles. The average molecular weight is 208 g/mol. The van der Waals surface area contributed by atoms with E-state index in [1.54, 1.807) is 11.3 Å². The number of likely N-dealkylation sites (N-methyl/N-ethyl adjacent to an activating group) is 1. The molecule has 0 unspecified atom stereocenters. The van der Waals surface area contributed by atoms with Gasteiger partial charge in [-0.2, -0.15) is 0 Å². The summed E-state index contributed by atoms with van der Waals surface area (Å²) in [6.07, 6.45) is 0. The fourth-order valence-corrected chi connectivity index (χ4v) is 1.99. The quantitative estimate of drug-likeness (QED) is 0.779. The van der Waals surface area contributed by atoms with E-state index in [0.717, 1.165) is 17.3 Å². The van der Waals surface area contributed by atoms with Crippen molar-refractivity contribution in [3.8, 4) is 5.19 Å². The molecule has 0 saturated carbocycles. The van der Waals surface area contributed by atoms with Crippen LogP contribution in [0.3, 0.4) is 0 Å². The van der Waals surface area contributed by atoms with E-state index in [-0.39, 0.29) is 0 Å². The molecule has 14 heavy (non-hydrogen) atoms. The molecule has 4 heteroatoms. The highest BCUT2D eigenvalue weighted by Crippen LogP contribution is 2.26. The Labute approximate surface area is 86.7 Å². The number of ether oxygens (including phenoxy) is 1. The summed E-state index contributed by atoms with van der Waals surface area (Å²) in [5.41, 5.74) is 1.01. The number of benzene rings is 1. The van der Waals surface area contributed by atoms with Crippen molar-refractivity contribution in [2.45, 2.75) is 0 Å². The molecule has 1 N–H and O–H groups in total. The maximum Gasteiger partial charge on any atom is 0.274 e. The summed E-state index contributed by atoms with van der Waals surface area (Å²) in [5, 5.41) is 3.77. The van der Waals surface area contributed by atoms with Crippen molar-refractivity contribution >= 4 is 21.6 Å². The van der Waals surface area contributed by atoms with E-state index in [1.807, 2.05) is 25.2 Å². The Kier molecular flexibility index (Phi) is 2.96. The fourth-order valence-electron chi connectivity index (χ4n) is 1.15. The lowest BCUT2D eigenvalue weighted by molar-refractivity contribution is 0.317. The van der Waals surface area contributed by atoms with Crippen LogP contribution in [0.5, 0.6) is 5.19 Å². The predicted molar refractivity (Wildman–Crippen MR) is 59.0 cm³/mol. The third-order valence-electron chi connectivity index (χ3n) is 1.85. The molecule has 0 saturated heterocycles. The Morgan fingerprint density at radius 2 is 2.29 bits per heavy atom. The van der Waals surface area contributed by atoms with E-state index in [2.05, 4.69) is 16.4 Å². The van der Waals surface area contributed by atoms with Gasteiger partial charge in [0, 0.05) is 6.54 Å². The Hall–Kier alpha value is -1.13. The van der Waals surface area contributed by atoms with E-state index < -0.39 is 0 Å². The molecule has 2 aromatic rings. The number of nitrogens with zero attached hydrogens (tertiary/aromatic N) is 1. The smallest absolute Gasteiger partial charge is 0.274 e. The van der Waals surface area contributed by atoms with Gasteiger partial charge in [0.25, 0.3) is 5.19 Å². The van der Waals surface area contributed by atoms with Crippen molar-refractivity contribution in [3.05, 3.63) is 24.3 Å². The van der Waals surface area contributed by atoms with E-state index >= 15 is 0 Å². The first-order chi connectivity index (χ1) is 6.90. The third kappa shape index (κ3) is 2.02. The fraction of sp³-hybridized carbons (Fsp3) is 0.300. The highest BCUT2D eigenvalue weighted by Gasteiger charge is 2.02. The molecule has 0 aliphatic carbocycles. The van der Waals surface area contributed by atoms with Crippen molar-refractivity contribution in [1.29, 1.82) is 0 Å². The van der Waals surface area contributed by atoms with Gasteiger partial charge in [0.05, 0.1) is 10.2 Å². The second-order valence-corrected chi connectivity index (χ2v) is 3.89. The molecular weight excluding hydrogens is 196 g/mol. The number of hydrogen-bond donors (Lipinski definition) is 1. The third-order valence-corrected chi connectivity index (χ3v) is 2.80. The largest absolute Gasteiger partial charge is 0.469 e. The molecule has 0 aliphatic rings. The number of fused-ring (bicyclic) bond motifs is 1. The van der Waals surface area contributed by atoms with Crippen LogP contribution >= 0.6 is 11.3 Å². The zero-order valence-electron chi connectivity index (χ0n) is 7.99. The van der Waals surface area contributed by atoms with Gasteiger partial charge in [-0.15, -0.1) is 0 Å². The van der Waals surface area contributed by atoms with Gasteiger partial charge in [0.2, 0.25) is 0 Å². The number of rotatable bonds is 4. The maximum absolute atomic E-state index is 5.48. The number of nitrogens with one attached hydrogen (secondary N) is 1. The van der Waals surface area contributed by atoms with Crippen molar-refractivity contribution < 1.29 is 4.74 Å². The van der Waals surface area contributed by atoms with Gasteiger partial charge in [0.1, 0.15) is 6.61 Å². The molecule has 0 radical (unpaired) electrons. The van der Waals surface area contributed by atoms with Crippen LogP contribution in [0.2, 0.25) is 0 Å². The van der Waals surface area contributed by atoms with Gasteiger partial charge < -0.3 is 10.1 Å². The Bertz CT molecular complexity index is 380. The molecule has 1 aromatic heterocycles. The first kappa shape index (κ1) is 9.43. The van der Waals surface area contributed by atoms with Crippen molar-refractivity contribution in [1.82, 2.24) is 10.3 Å². The predicted octanol–water partition coefficient (Wildman–Crippen LogP) is 1.89. The Balaban J connectivity index is 2.11. The highest BCUT2D eigenvalue weighted by atomic mass is 32.1. The summed E-state index contributed by atoms with van der Waals surface area (Å²) in [5.74, 6) is 0. The van der Waals surface area contributed by atoms with E-state index in [9.17, 15) is 0 Å². The molecule has 0 aliphatic heterocycles. The first-order valence-electron chi connectivity index (χ1n) is 4.53. The molecule has 3 nitrogen and oxygen atoms in total. The zero-order valence-corrected chi connectivity index (χ0v) is 8.80. The molecule has 74 valence electrons. The summed E-state index contributed by atoms with van der Waals surface area (Å²) in [6, 6.07) is 8.05. The van der Waals surface area contributed by atoms with Crippen LogP contribution in [0.4, 0.5) is 0 Å². The van der Waals surface area contributed by atoms with Gasteiger partial charge in [0.15, 0.2) is 0 Å². The Morgan fingerprint density at radius 3 is 3.07 bits per heavy atom. The van der Waals surface area contributed by atoms with Gasteiger partial charge in [-0.25, -0.2) is 4.98 Å². The topological polar surface area (TPSA) is 34.1 Å². The van der Waals surface area contributed by atoms with Gasteiger partial charge >= 0.3 is 0 Å². The highest BCUT2D eigenvalue weighted by molar-refractivity contribution is 7.20. The van der Waals surface area contributed by atoms with Crippen LogP contribution in [0.1, 0.15) is 0 Å². The molecule has 0 spiro atoms. The molecular formula is C10H12N2OS. The summed E-state index contributed by atoms with van der Waals surface area (Å²) < 4.78 is 6.65. The lowest BCUT2D eigenvalue weighted by Crippen LogP contribution is -2.15. The van der Waals surface area contributed by atoms with Crippen molar-refractivity contribution in [2.75, 3.05) is 20.2 Å². The van der Waals surface area contributed by atoms with E-state index in [1.165, 1.54) is 4.70 Å². The number of aromatic nitrogens is 1. The normalized spacial score (nSPS) is 10.6. The van der Waals surface area contributed by atoms with Gasteiger partial charge in [-0.1, -0.05) is 23.5 Å². The minimum absolute atomic E-state index is 0.663. The van der Waals surface area contributed by atoms with E-state index in [0.29, 0.717) is 6.61 Å². The second kappa shape index (κ2) is 4.39. The van der Waals surface area contributed by atoms with Gasteiger partial charge in [-0.05, 0) is 19.2 Å². The molecule has 1 aromatic carbocycles. The first-order valence-corrected chi connectivity index (χ1v) is 5.35. The maximum atomic E-state index is 5.48. The van der Waals surface area contributed by atoms with Crippen molar-refractivity contribution in [3.63, 3.8) is 0 Å². The lowest BCUT2D eigenvalue weighted by atomic mass is 10.3. The molecule has 0 bridgehead atoms. The lowest BCUT2D eigenvalue weighted by Gasteiger charge is -1.99. The number of hydrogen-bond acceptors (Lipinski definition) is 4. The molecule has 0 amide bonds. The summed E-state index contributed by atoms with van der Waals surface area (Å²) in [4.78, 5) is 4.35. The summed E-state index contributed by atoms with van der Waals surface area (Å²) in [6.45, 7) is 1.51. The number of para-hydroxylation sites is 1. The standard InChI is InChI=1S/C10H12N2OS/c1-11-6-7-13-10-12-8-4-2-3-5-9(8)14-10/h2-5,11H,6-7H2,1H3. The van der Waals surface area contributed by atoms with Crippen molar-refractivity contribution in [2.24, 2.45) is 0 Å². The minimum atomic E-state index is 0.663. The minimum Gasteiger partial charge on any atom is -0.469 e.